The molecule has 1 heterocycles. The molecule has 0 aliphatic rings. The minimum Gasteiger partial charge on any atom is -0.259 e. The maximum absolute atomic E-state index is 12.1. The summed E-state index contributed by atoms with van der Waals surface area (Å²) < 4.78 is 12.1. The molecular formula is C16H21NOS2. The van der Waals surface area contributed by atoms with Gasteiger partial charge in [-0.15, -0.1) is 11.3 Å². The molecular weight excluding hydrogens is 286 g/mol. The number of thiazole rings is 1. The van der Waals surface area contributed by atoms with Crippen molar-refractivity contribution in [3.63, 3.8) is 0 Å². The second-order valence-corrected chi connectivity index (χ2v) is 7.81. The summed E-state index contributed by atoms with van der Waals surface area (Å²) in [4.78, 5) is 5.48. The number of aryl methyl sites for hydroxylation is 2. The van der Waals surface area contributed by atoms with Crippen LogP contribution in [0.15, 0.2) is 29.8 Å². The standard InChI is InChI=1S/C16H21NOS2/c1-12(2)15-6-4-14(5-7-15)10-20(18)9-8-16-13(3)17-11-19-16/h4-7,11-12H,8-10H2,1-3H3/t20-/m0/s1. The van der Waals surface area contributed by atoms with Crippen LogP contribution in [0.25, 0.3) is 0 Å². The Kier molecular flexibility index (Phi) is 5.49. The van der Waals surface area contributed by atoms with Crippen LogP contribution in [0.5, 0.6) is 0 Å². The molecule has 0 fully saturated rings. The van der Waals surface area contributed by atoms with Crippen molar-refractivity contribution in [1.82, 2.24) is 4.98 Å². The van der Waals surface area contributed by atoms with Crippen LogP contribution >= 0.6 is 11.3 Å². The number of benzene rings is 1. The first-order valence-corrected chi connectivity index (χ1v) is 9.26. The first-order chi connectivity index (χ1) is 9.56. The zero-order chi connectivity index (χ0) is 14.5. The summed E-state index contributed by atoms with van der Waals surface area (Å²) in [5, 5.41) is 0. The summed E-state index contributed by atoms with van der Waals surface area (Å²) in [5.74, 6) is 1.91. The van der Waals surface area contributed by atoms with E-state index in [1.807, 2.05) is 12.4 Å². The molecule has 1 aromatic carbocycles. The highest BCUT2D eigenvalue weighted by molar-refractivity contribution is 7.84. The molecule has 2 aromatic rings. The Morgan fingerprint density at radius 1 is 1.25 bits per heavy atom. The van der Waals surface area contributed by atoms with Crippen molar-refractivity contribution < 1.29 is 4.21 Å². The number of aromatic nitrogens is 1. The molecule has 0 N–H and O–H groups in total. The van der Waals surface area contributed by atoms with Crippen molar-refractivity contribution in [3.05, 3.63) is 51.5 Å². The van der Waals surface area contributed by atoms with Crippen molar-refractivity contribution in [2.45, 2.75) is 38.9 Å². The van der Waals surface area contributed by atoms with E-state index in [-0.39, 0.29) is 0 Å². The summed E-state index contributed by atoms with van der Waals surface area (Å²) in [7, 11) is -0.802. The highest BCUT2D eigenvalue weighted by atomic mass is 32.2. The third-order valence-corrected chi connectivity index (χ3v) is 5.69. The second-order valence-electron chi connectivity index (χ2n) is 5.30. The minimum absolute atomic E-state index is 0.545. The molecule has 0 radical (unpaired) electrons. The largest absolute Gasteiger partial charge is 0.259 e. The van der Waals surface area contributed by atoms with Gasteiger partial charge >= 0.3 is 0 Å². The Balaban J connectivity index is 1.86. The molecule has 0 aliphatic heterocycles. The van der Waals surface area contributed by atoms with E-state index in [2.05, 4.69) is 43.1 Å². The van der Waals surface area contributed by atoms with Gasteiger partial charge in [0.1, 0.15) is 0 Å². The summed E-state index contributed by atoms with van der Waals surface area (Å²) in [6, 6.07) is 8.49. The van der Waals surface area contributed by atoms with Crippen LogP contribution in [-0.4, -0.2) is 14.9 Å². The van der Waals surface area contributed by atoms with Crippen LogP contribution in [-0.2, 0) is 23.0 Å². The van der Waals surface area contributed by atoms with Crippen LogP contribution in [0.1, 0.15) is 41.5 Å². The highest BCUT2D eigenvalue weighted by Gasteiger charge is 2.07. The Hall–Kier alpha value is -1.00. The smallest absolute Gasteiger partial charge is 0.0797 e. The van der Waals surface area contributed by atoms with E-state index in [1.165, 1.54) is 10.4 Å². The van der Waals surface area contributed by atoms with E-state index in [0.29, 0.717) is 11.7 Å². The van der Waals surface area contributed by atoms with Gasteiger partial charge in [0.15, 0.2) is 0 Å². The van der Waals surface area contributed by atoms with E-state index in [1.54, 1.807) is 11.3 Å². The fourth-order valence-electron chi connectivity index (χ4n) is 2.03. The molecule has 0 unspecified atom stereocenters. The zero-order valence-corrected chi connectivity index (χ0v) is 13.9. The topological polar surface area (TPSA) is 30.0 Å². The molecule has 20 heavy (non-hydrogen) atoms. The normalized spacial score (nSPS) is 12.8. The van der Waals surface area contributed by atoms with Gasteiger partial charge in [-0.1, -0.05) is 38.1 Å². The van der Waals surface area contributed by atoms with Gasteiger partial charge in [0.25, 0.3) is 0 Å². The van der Waals surface area contributed by atoms with Gasteiger partial charge in [-0.05, 0) is 30.4 Å². The molecule has 0 saturated heterocycles. The number of hydrogen-bond acceptors (Lipinski definition) is 3. The van der Waals surface area contributed by atoms with Crippen molar-refractivity contribution in [2.24, 2.45) is 0 Å². The van der Waals surface area contributed by atoms with Gasteiger partial charge in [-0.2, -0.15) is 0 Å². The first-order valence-electron chi connectivity index (χ1n) is 6.89. The lowest BCUT2D eigenvalue weighted by Crippen LogP contribution is -2.04. The second kappa shape index (κ2) is 7.14. The van der Waals surface area contributed by atoms with Crippen LogP contribution in [0.2, 0.25) is 0 Å². The average Bonchev–Trinajstić information content (AvgIpc) is 2.82. The van der Waals surface area contributed by atoms with E-state index < -0.39 is 10.8 Å². The van der Waals surface area contributed by atoms with E-state index in [4.69, 9.17) is 0 Å². The van der Waals surface area contributed by atoms with Gasteiger partial charge in [0.2, 0.25) is 0 Å². The van der Waals surface area contributed by atoms with Gasteiger partial charge < -0.3 is 0 Å². The predicted molar refractivity (Wildman–Crippen MR) is 87.8 cm³/mol. The molecule has 0 amide bonds. The van der Waals surface area contributed by atoms with E-state index >= 15 is 0 Å². The average molecular weight is 307 g/mol. The van der Waals surface area contributed by atoms with Gasteiger partial charge in [-0.25, -0.2) is 4.98 Å². The lowest BCUT2D eigenvalue weighted by molar-refractivity contribution is 0.682. The molecule has 4 heteroatoms. The minimum atomic E-state index is -0.802. The molecule has 1 aromatic heterocycles. The van der Waals surface area contributed by atoms with E-state index in [0.717, 1.165) is 23.4 Å². The number of nitrogens with zero attached hydrogens (tertiary/aromatic N) is 1. The maximum atomic E-state index is 12.1. The maximum Gasteiger partial charge on any atom is 0.0797 e. The molecule has 2 rings (SSSR count). The molecule has 1 atom stereocenters. The van der Waals surface area contributed by atoms with Crippen LogP contribution in [0.3, 0.4) is 0 Å². The molecule has 0 aliphatic carbocycles. The molecule has 0 bridgehead atoms. The quantitative estimate of drug-likeness (QED) is 0.805. The Bertz CT molecular complexity index is 572. The first kappa shape index (κ1) is 15.4. The zero-order valence-electron chi connectivity index (χ0n) is 12.3. The summed E-state index contributed by atoms with van der Waals surface area (Å²) in [6.07, 6.45) is 0.868. The number of rotatable bonds is 6. The van der Waals surface area contributed by atoms with Crippen LogP contribution in [0, 0.1) is 6.92 Å². The summed E-state index contributed by atoms with van der Waals surface area (Å²) in [5.41, 5.74) is 5.43. The lowest BCUT2D eigenvalue weighted by Gasteiger charge is -2.07. The molecule has 0 spiro atoms. The summed E-state index contributed by atoms with van der Waals surface area (Å²) >= 11 is 1.66. The van der Waals surface area contributed by atoms with Gasteiger partial charge in [-0.3, -0.25) is 4.21 Å². The predicted octanol–water partition coefficient (Wildman–Crippen LogP) is 4.07. The van der Waals surface area contributed by atoms with Crippen molar-refractivity contribution >= 4 is 22.1 Å². The fraction of sp³-hybridized carbons (Fsp3) is 0.438. The third-order valence-electron chi connectivity index (χ3n) is 3.38. The van der Waals surface area contributed by atoms with Crippen LogP contribution < -0.4 is 0 Å². The Labute approximate surface area is 127 Å². The SMILES string of the molecule is Cc1ncsc1CC[S@](=O)Cc1ccc(C(C)C)cc1. The summed E-state index contributed by atoms with van der Waals surface area (Å²) in [6.45, 7) is 6.38. The third kappa shape index (κ3) is 4.25. The highest BCUT2D eigenvalue weighted by Crippen LogP contribution is 2.17. The van der Waals surface area contributed by atoms with Gasteiger partial charge in [0.05, 0.1) is 11.2 Å². The molecule has 108 valence electrons. The lowest BCUT2D eigenvalue weighted by atomic mass is 10.0. The van der Waals surface area contributed by atoms with Gasteiger partial charge in [0, 0.05) is 27.2 Å². The van der Waals surface area contributed by atoms with Crippen molar-refractivity contribution in [3.8, 4) is 0 Å². The van der Waals surface area contributed by atoms with E-state index in [9.17, 15) is 4.21 Å². The monoisotopic (exact) mass is 307 g/mol. The molecule has 2 nitrogen and oxygen atoms in total. The Morgan fingerprint density at radius 3 is 2.50 bits per heavy atom. The van der Waals surface area contributed by atoms with Crippen molar-refractivity contribution in [2.75, 3.05) is 5.75 Å². The Morgan fingerprint density at radius 2 is 1.95 bits per heavy atom. The van der Waals surface area contributed by atoms with Crippen molar-refractivity contribution in [1.29, 1.82) is 0 Å². The molecule has 0 saturated carbocycles. The fourth-order valence-corrected chi connectivity index (χ4v) is 4.08. The van der Waals surface area contributed by atoms with Crippen LogP contribution in [0.4, 0.5) is 0 Å². The number of hydrogen-bond donors (Lipinski definition) is 0.